The van der Waals surface area contributed by atoms with Gasteiger partial charge in [0.15, 0.2) is 0 Å². The number of amides is 1. The normalized spacial score (nSPS) is 22.1. The lowest BCUT2D eigenvalue weighted by molar-refractivity contribution is -0.143. The van der Waals surface area contributed by atoms with Crippen molar-refractivity contribution < 1.29 is 14.6 Å². The molecule has 3 aliphatic rings. The first-order chi connectivity index (χ1) is 15.5. The molecule has 2 aliphatic heterocycles. The summed E-state index contributed by atoms with van der Waals surface area (Å²) in [7, 11) is 0. The number of benzene rings is 1. The minimum atomic E-state index is -1.14. The second-order valence-electron chi connectivity index (χ2n) is 9.05. The predicted molar refractivity (Wildman–Crippen MR) is 121 cm³/mol. The number of hydrogen-bond acceptors (Lipinski definition) is 5. The van der Waals surface area contributed by atoms with Crippen LogP contribution in [0.4, 0.5) is 0 Å². The molecule has 3 aromatic rings. The highest BCUT2D eigenvalue weighted by molar-refractivity contribution is 6.35. The van der Waals surface area contributed by atoms with Crippen LogP contribution in [0.3, 0.4) is 0 Å². The van der Waals surface area contributed by atoms with Crippen molar-refractivity contribution >= 4 is 28.5 Å². The fourth-order valence-electron chi connectivity index (χ4n) is 4.87. The van der Waals surface area contributed by atoms with Gasteiger partial charge in [-0.05, 0) is 53.6 Å². The van der Waals surface area contributed by atoms with Crippen LogP contribution in [0.1, 0.15) is 35.6 Å². The van der Waals surface area contributed by atoms with Gasteiger partial charge in [0.05, 0.1) is 24.3 Å². The topological polar surface area (TPSA) is 90.5 Å². The van der Waals surface area contributed by atoms with Crippen LogP contribution in [0.5, 0.6) is 0 Å². The van der Waals surface area contributed by atoms with Gasteiger partial charge in [-0.2, -0.15) is 0 Å². The number of rotatable bonds is 3. The molecule has 0 radical (unpaired) electrons. The van der Waals surface area contributed by atoms with E-state index in [4.69, 9.17) is 16.3 Å². The molecule has 32 heavy (non-hydrogen) atoms. The Labute approximate surface area is 190 Å². The summed E-state index contributed by atoms with van der Waals surface area (Å²) in [6, 6.07) is 6.52. The molecule has 1 saturated heterocycles. The van der Waals surface area contributed by atoms with Gasteiger partial charge < -0.3 is 25.0 Å². The number of carbonyl (C=O) groups is 1. The highest BCUT2D eigenvalue weighted by Gasteiger charge is 2.50. The van der Waals surface area contributed by atoms with Gasteiger partial charge in [0.1, 0.15) is 11.2 Å². The van der Waals surface area contributed by atoms with Crippen LogP contribution in [0.2, 0.25) is 5.02 Å². The average Bonchev–Trinajstić information content (AvgIpc) is 3.49. The van der Waals surface area contributed by atoms with E-state index in [9.17, 15) is 9.90 Å². The standard InChI is InChI=1S/C24H25ClN4O3/c25-20-11-28-22-18(20)9-16(10-27-22)15-7-14-1-5-29(23(30)24(31)2-3-24)12-19(14)17(8-15)21-13-32-6-4-26-21/h7-11,21,26,31H,1-6,12-13H2,(H,27,28). The van der Waals surface area contributed by atoms with E-state index in [1.165, 1.54) is 5.56 Å². The first-order valence-corrected chi connectivity index (χ1v) is 11.5. The summed E-state index contributed by atoms with van der Waals surface area (Å²) < 4.78 is 5.76. The molecule has 1 amide bonds. The predicted octanol–water partition coefficient (Wildman–Crippen LogP) is 2.95. The molecule has 2 aromatic heterocycles. The lowest BCUT2D eigenvalue weighted by Gasteiger charge is -2.35. The third kappa shape index (κ3) is 3.40. The maximum absolute atomic E-state index is 12.8. The van der Waals surface area contributed by atoms with Crippen molar-refractivity contribution in [3.63, 3.8) is 0 Å². The molecule has 166 valence electrons. The quantitative estimate of drug-likeness (QED) is 0.568. The zero-order chi connectivity index (χ0) is 21.9. The summed E-state index contributed by atoms with van der Waals surface area (Å²) in [4.78, 5) is 22.3. The highest BCUT2D eigenvalue weighted by Crippen LogP contribution is 2.40. The number of nitrogens with one attached hydrogen (secondary N) is 2. The SMILES string of the molecule is O=C(N1CCc2cc(-c3cnc4[nH]cc(Cl)c4c3)cc(C3COCCN3)c2C1)C1(O)CC1. The number of H-pyrrole nitrogens is 1. The Morgan fingerprint density at radius 1 is 1.28 bits per heavy atom. The Morgan fingerprint density at radius 2 is 2.16 bits per heavy atom. The third-order valence-corrected chi connectivity index (χ3v) is 7.21. The molecular weight excluding hydrogens is 428 g/mol. The number of nitrogens with zero attached hydrogens (tertiary/aromatic N) is 2. The molecule has 6 rings (SSSR count). The van der Waals surface area contributed by atoms with Gasteiger partial charge >= 0.3 is 0 Å². The minimum Gasteiger partial charge on any atom is -0.380 e. The van der Waals surface area contributed by atoms with Crippen LogP contribution in [-0.4, -0.2) is 57.8 Å². The molecule has 1 unspecified atom stereocenters. The van der Waals surface area contributed by atoms with Gasteiger partial charge in [-0.1, -0.05) is 17.7 Å². The van der Waals surface area contributed by atoms with Crippen LogP contribution in [-0.2, 0) is 22.5 Å². The van der Waals surface area contributed by atoms with E-state index in [0.717, 1.165) is 46.3 Å². The van der Waals surface area contributed by atoms with Gasteiger partial charge in [-0.25, -0.2) is 4.98 Å². The molecule has 7 nitrogen and oxygen atoms in total. The zero-order valence-electron chi connectivity index (χ0n) is 17.7. The Bertz CT molecular complexity index is 1210. The minimum absolute atomic E-state index is 0.0593. The zero-order valence-corrected chi connectivity index (χ0v) is 18.4. The van der Waals surface area contributed by atoms with Crippen molar-refractivity contribution in [3.05, 3.63) is 52.3 Å². The molecule has 4 heterocycles. The average molecular weight is 453 g/mol. The number of morpholine rings is 1. The van der Waals surface area contributed by atoms with Gasteiger partial charge in [0, 0.05) is 43.0 Å². The molecule has 1 atom stereocenters. The number of hydrogen-bond donors (Lipinski definition) is 3. The van der Waals surface area contributed by atoms with Crippen molar-refractivity contribution in [2.24, 2.45) is 0 Å². The van der Waals surface area contributed by atoms with Crippen molar-refractivity contribution in [1.82, 2.24) is 20.2 Å². The Balaban J connectivity index is 1.42. The summed E-state index contributed by atoms with van der Waals surface area (Å²) >= 11 is 6.33. The fraction of sp³-hybridized carbons (Fsp3) is 0.417. The number of fused-ring (bicyclic) bond motifs is 2. The van der Waals surface area contributed by atoms with Crippen LogP contribution < -0.4 is 5.32 Å². The number of ether oxygens (including phenoxy) is 1. The summed E-state index contributed by atoms with van der Waals surface area (Å²) in [6.45, 7) is 3.22. The molecule has 0 bridgehead atoms. The van der Waals surface area contributed by atoms with Gasteiger partial charge in [-0.3, -0.25) is 4.79 Å². The maximum atomic E-state index is 12.8. The first kappa shape index (κ1) is 20.2. The van der Waals surface area contributed by atoms with Crippen LogP contribution in [0, 0.1) is 0 Å². The molecule has 1 aliphatic carbocycles. The van der Waals surface area contributed by atoms with Gasteiger partial charge in [-0.15, -0.1) is 0 Å². The van der Waals surface area contributed by atoms with Crippen LogP contribution >= 0.6 is 11.6 Å². The molecule has 2 fully saturated rings. The van der Waals surface area contributed by atoms with E-state index >= 15 is 0 Å². The van der Waals surface area contributed by atoms with Crippen molar-refractivity contribution in [2.45, 2.75) is 37.5 Å². The maximum Gasteiger partial charge on any atom is 0.254 e. The fourth-order valence-corrected chi connectivity index (χ4v) is 5.07. The number of pyridine rings is 1. The van der Waals surface area contributed by atoms with E-state index in [0.29, 0.717) is 44.2 Å². The van der Waals surface area contributed by atoms with E-state index in [1.54, 1.807) is 6.20 Å². The molecule has 1 aromatic carbocycles. The Hall–Kier alpha value is -2.45. The second kappa shape index (κ2) is 7.56. The summed E-state index contributed by atoms with van der Waals surface area (Å²) in [6.07, 6.45) is 5.51. The highest BCUT2D eigenvalue weighted by atomic mass is 35.5. The number of carbonyl (C=O) groups excluding carboxylic acids is 1. The monoisotopic (exact) mass is 452 g/mol. The van der Waals surface area contributed by atoms with Gasteiger partial charge in [0.25, 0.3) is 5.91 Å². The lowest BCUT2D eigenvalue weighted by atomic mass is 9.87. The van der Waals surface area contributed by atoms with E-state index in [1.807, 2.05) is 11.1 Å². The summed E-state index contributed by atoms with van der Waals surface area (Å²) in [5.74, 6) is -0.136. The molecule has 0 spiro atoms. The summed E-state index contributed by atoms with van der Waals surface area (Å²) in [5, 5.41) is 15.5. The first-order valence-electron chi connectivity index (χ1n) is 11.1. The van der Waals surface area contributed by atoms with Crippen LogP contribution in [0.25, 0.3) is 22.2 Å². The number of aliphatic hydroxyl groups is 1. The smallest absolute Gasteiger partial charge is 0.254 e. The Morgan fingerprint density at radius 3 is 2.94 bits per heavy atom. The molecular formula is C24H25ClN4O3. The number of aromatic nitrogens is 2. The van der Waals surface area contributed by atoms with Crippen molar-refractivity contribution in [3.8, 4) is 11.1 Å². The van der Waals surface area contributed by atoms with E-state index in [2.05, 4.69) is 33.5 Å². The summed E-state index contributed by atoms with van der Waals surface area (Å²) in [5.41, 5.74) is 5.26. The third-order valence-electron chi connectivity index (χ3n) is 6.90. The van der Waals surface area contributed by atoms with Crippen LogP contribution in [0.15, 0.2) is 30.6 Å². The largest absolute Gasteiger partial charge is 0.380 e. The molecule has 8 heteroatoms. The Kier molecular flexibility index (Phi) is 4.76. The molecule has 3 N–H and O–H groups in total. The van der Waals surface area contributed by atoms with Crippen molar-refractivity contribution in [1.29, 1.82) is 0 Å². The van der Waals surface area contributed by atoms with Crippen molar-refractivity contribution in [2.75, 3.05) is 26.3 Å². The lowest BCUT2D eigenvalue weighted by Crippen LogP contribution is -2.44. The number of aromatic amines is 1. The van der Waals surface area contributed by atoms with Gasteiger partial charge in [0.2, 0.25) is 0 Å². The van der Waals surface area contributed by atoms with E-state index in [-0.39, 0.29) is 11.9 Å². The molecule has 1 saturated carbocycles. The van der Waals surface area contributed by atoms with E-state index < -0.39 is 5.60 Å². The number of halogens is 1. The second-order valence-corrected chi connectivity index (χ2v) is 9.46.